The van der Waals surface area contributed by atoms with E-state index in [9.17, 15) is 9.90 Å². The molecule has 128 valence electrons. The molecule has 25 heavy (non-hydrogen) atoms. The van der Waals surface area contributed by atoms with Gasteiger partial charge in [-0.15, -0.1) is 0 Å². The van der Waals surface area contributed by atoms with Gasteiger partial charge in [-0.05, 0) is 23.6 Å². The molecule has 1 heterocycles. The summed E-state index contributed by atoms with van der Waals surface area (Å²) >= 11 is 0. The first-order valence-corrected chi connectivity index (χ1v) is 8.47. The van der Waals surface area contributed by atoms with E-state index in [2.05, 4.69) is 4.98 Å². The van der Waals surface area contributed by atoms with Gasteiger partial charge in [-0.1, -0.05) is 55.5 Å². The highest BCUT2D eigenvalue weighted by molar-refractivity contribution is 6.05. The van der Waals surface area contributed by atoms with Crippen molar-refractivity contribution in [3.8, 4) is 0 Å². The van der Waals surface area contributed by atoms with E-state index in [1.165, 1.54) is 0 Å². The van der Waals surface area contributed by atoms with Crippen LogP contribution in [-0.4, -0.2) is 34.0 Å². The smallest absolute Gasteiger partial charge is 0.256 e. The van der Waals surface area contributed by atoms with Gasteiger partial charge in [-0.25, -0.2) is 0 Å². The van der Waals surface area contributed by atoms with E-state index in [0.29, 0.717) is 24.2 Å². The molecule has 4 nitrogen and oxygen atoms in total. The Morgan fingerprint density at radius 3 is 2.60 bits per heavy atom. The number of carbonyl (C=O) groups is 1. The lowest BCUT2D eigenvalue weighted by Gasteiger charge is -2.26. The number of aliphatic hydroxyl groups excluding tert-OH is 1. The third-order valence-corrected chi connectivity index (χ3v) is 4.21. The van der Waals surface area contributed by atoms with Crippen LogP contribution < -0.4 is 0 Å². The number of carbonyl (C=O) groups excluding carboxylic acids is 1. The van der Waals surface area contributed by atoms with Crippen molar-refractivity contribution in [3.63, 3.8) is 0 Å². The molecular formula is C21H22N2O2. The fraction of sp³-hybridized carbons (Fsp3) is 0.238. The Balaban J connectivity index is 1.95. The second-order valence-electron chi connectivity index (χ2n) is 6.34. The summed E-state index contributed by atoms with van der Waals surface area (Å²) in [5.41, 5.74) is 2.37. The van der Waals surface area contributed by atoms with Crippen molar-refractivity contribution >= 4 is 16.8 Å². The second kappa shape index (κ2) is 7.90. The van der Waals surface area contributed by atoms with Crippen LogP contribution in [0.25, 0.3) is 10.9 Å². The largest absolute Gasteiger partial charge is 0.396 e. The van der Waals surface area contributed by atoms with Crippen LogP contribution >= 0.6 is 0 Å². The summed E-state index contributed by atoms with van der Waals surface area (Å²) in [6, 6.07) is 19.4. The molecule has 2 aromatic carbocycles. The lowest BCUT2D eigenvalue weighted by atomic mass is 10.1. The van der Waals surface area contributed by atoms with Gasteiger partial charge in [-0.2, -0.15) is 0 Å². The number of amides is 1. The molecule has 1 N–H and O–H groups in total. The van der Waals surface area contributed by atoms with Crippen LogP contribution in [0.5, 0.6) is 0 Å². The Bertz CT molecular complexity index is 843. The first-order chi connectivity index (χ1) is 12.2. The number of nitrogens with zero attached hydrogens (tertiary/aromatic N) is 2. The Morgan fingerprint density at radius 1 is 1.08 bits per heavy atom. The van der Waals surface area contributed by atoms with Crippen molar-refractivity contribution < 1.29 is 9.90 Å². The molecule has 0 aliphatic heterocycles. The number of para-hydroxylation sites is 1. The van der Waals surface area contributed by atoms with Gasteiger partial charge in [0.15, 0.2) is 0 Å². The van der Waals surface area contributed by atoms with Crippen LogP contribution in [0.1, 0.15) is 22.8 Å². The first kappa shape index (κ1) is 17.1. The zero-order chi connectivity index (χ0) is 17.6. The van der Waals surface area contributed by atoms with E-state index in [1.54, 1.807) is 11.1 Å². The van der Waals surface area contributed by atoms with E-state index in [1.807, 2.05) is 67.6 Å². The number of hydrogen-bond donors (Lipinski definition) is 1. The van der Waals surface area contributed by atoms with Gasteiger partial charge in [0, 0.05) is 31.3 Å². The van der Waals surface area contributed by atoms with E-state index in [-0.39, 0.29) is 18.4 Å². The Labute approximate surface area is 147 Å². The molecule has 0 fully saturated rings. The van der Waals surface area contributed by atoms with Gasteiger partial charge >= 0.3 is 0 Å². The highest BCUT2D eigenvalue weighted by Crippen LogP contribution is 2.19. The SMILES string of the molecule is C[C@@H](CO)CN(Cc1ccccc1)C(=O)c1cccc2cccnc12. The molecule has 0 radical (unpaired) electrons. The molecule has 0 unspecified atom stereocenters. The van der Waals surface area contributed by atoms with Crippen molar-refractivity contribution in [2.45, 2.75) is 13.5 Å². The summed E-state index contributed by atoms with van der Waals surface area (Å²) in [7, 11) is 0. The maximum Gasteiger partial charge on any atom is 0.256 e. The molecule has 3 rings (SSSR count). The van der Waals surface area contributed by atoms with Crippen molar-refractivity contribution in [3.05, 3.63) is 78.0 Å². The summed E-state index contributed by atoms with van der Waals surface area (Å²) in [6.07, 6.45) is 1.71. The average molecular weight is 334 g/mol. The maximum absolute atomic E-state index is 13.2. The summed E-state index contributed by atoms with van der Waals surface area (Å²) in [5.74, 6) is -0.0518. The van der Waals surface area contributed by atoms with E-state index in [4.69, 9.17) is 0 Å². The minimum absolute atomic E-state index is 0.00981. The van der Waals surface area contributed by atoms with Crippen LogP contribution in [0, 0.1) is 5.92 Å². The summed E-state index contributed by atoms with van der Waals surface area (Å²) in [4.78, 5) is 19.4. The van der Waals surface area contributed by atoms with E-state index in [0.717, 1.165) is 10.9 Å². The fourth-order valence-corrected chi connectivity index (χ4v) is 2.90. The molecular weight excluding hydrogens is 312 g/mol. The van der Waals surface area contributed by atoms with Crippen LogP contribution in [0.3, 0.4) is 0 Å². The highest BCUT2D eigenvalue weighted by Gasteiger charge is 2.20. The van der Waals surface area contributed by atoms with Crippen molar-refractivity contribution in [1.82, 2.24) is 9.88 Å². The first-order valence-electron chi connectivity index (χ1n) is 8.47. The fourth-order valence-electron chi connectivity index (χ4n) is 2.90. The monoisotopic (exact) mass is 334 g/mol. The van der Waals surface area contributed by atoms with Crippen molar-refractivity contribution in [1.29, 1.82) is 0 Å². The number of rotatable bonds is 6. The predicted molar refractivity (Wildman–Crippen MR) is 99.2 cm³/mol. The second-order valence-corrected chi connectivity index (χ2v) is 6.34. The van der Waals surface area contributed by atoms with Crippen molar-refractivity contribution in [2.24, 2.45) is 5.92 Å². The molecule has 0 spiro atoms. The highest BCUT2D eigenvalue weighted by atomic mass is 16.3. The van der Waals surface area contributed by atoms with Crippen molar-refractivity contribution in [2.75, 3.05) is 13.2 Å². The zero-order valence-electron chi connectivity index (χ0n) is 14.3. The molecule has 0 aliphatic carbocycles. The van der Waals surface area contributed by atoms with Crippen LogP contribution in [-0.2, 0) is 6.54 Å². The number of pyridine rings is 1. The number of aromatic nitrogens is 1. The predicted octanol–water partition coefficient (Wildman–Crippen LogP) is 3.51. The normalized spacial score (nSPS) is 12.1. The zero-order valence-corrected chi connectivity index (χ0v) is 14.3. The van der Waals surface area contributed by atoms with Crippen LogP contribution in [0.2, 0.25) is 0 Å². The third kappa shape index (κ3) is 4.03. The Kier molecular flexibility index (Phi) is 5.41. The molecule has 1 amide bonds. The van der Waals surface area contributed by atoms with E-state index >= 15 is 0 Å². The average Bonchev–Trinajstić information content (AvgIpc) is 2.67. The molecule has 0 aliphatic rings. The van der Waals surface area contributed by atoms with Gasteiger partial charge < -0.3 is 10.0 Å². The Hall–Kier alpha value is -2.72. The van der Waals surface area contributed by atoms with Gasteiger partial charge in [0.1, 0.15) is 0 Å². The molecule has 3 aromatic rings. The van der Waals surface area contributed by atoms with Gasteiger partial charge in [0.2, 0.25) is 0 Å². The Morgan fingerprint density at radius 2 is 1.84 bits per heavy atom. The van der Waals surface area contributed by atoms with E-state index < -0.39 is 0 Å². The third-order valence-electron chi connectivity index (χ3n) is 4.21. The number of aliphatic hydroxyl groups is 1. The standard InChI is InChI=1S/C21H22N2O2/c1-16(15-24)13-23(14-17-7-3-2-4-8-17)21(25)19-11-5-9-18-10-6-12-22-20(18)19/h2-12,16,24H,13-15H2,1H3/t16-/m1/s1. The maximum atomic E-state index is 13.2. The lowest BCUT2D eigenvalue weighted by molar-refractivity contribution is 0.0696. The molecule has 0 bridgehead atoms. The molecule has 1 aromatic heterocycles. The quantitative estimate of drug-likeness (QED) is 0.750. The topological polar surface area (TPSA) is 53.4 Å². The molecule has 0 saturated carbocycles. The molecule has 4 heteroatoms. The molecule has 1 atom stereocenters. The minimum atomic E-state index is -0.0616. The summed E-state index contributed by atoms with van der Waals surface area (Å²) < 4.78 is 0. The summed E-state index contributed by atoms with van der Waals surface area (Å²) in [6.45, 7) is 2.99. The van der Waals surface area contributed by atoms with Gasteiger partial charge in [0.05, 0.1) is 11.1 Å². The molecule has 0 saturated heterocycles. The number of hydrogen-bond acceptors (Lipinski definition) is 3. The number of benzene rings is 2. The van der Waals surface area contributed by atoms with Gasteiger partial charge in [-0.3, -0.25) is 9.78 Å². The van der Waals surface area contributed by atoms with Gasteiger partial charge in [0.25, 0.3) is 5.91 Å². The summed E-state index contributed by atoms with van der Waals surface area (Å²) in [5, 5.41) is 10.4. The minimum Gasteiger partial charge on any atom is -0.396 e. The lowest BCUT2D eigenvalue weighted by Crippen LogP contribution is -2.35. The number of fused-ring (bicyclic) bond motifs is 1. The van der Waals surface area contributed by atoms with Crippen LogP contribution in [0.4, 0.5) is 0 Å². The van der Waals surface area contributed by atoms with Crippen LogP contribution in [0.15, 0.2) is 66.9 Å².